The lowest BCUT2D eigenvalue weighted by Gasteiger charge is -2.43. The minimum absolute atomic E-state index is 0.386. The van der Waals surface area contributed by atoms with Crippen LogP contribution in [0.5, 0.6) is 0 Å². The van der Waals surface area contributed by atoms with Gasteiger partial charge in [-0.3, -0.25) is 0 Å². The van der Waals surface area contributed by atoms with E-state index in [-0.39, 0.29) is 0 Å². The molecule has 1 saturated carbocycles. The minimum Gasteiger partial charge on any atom is -0.381 e. The second-order valence-electron chi connectivity index (χ2n) is 8.48. The molecule has 1 spiro atoms. The van der Waals surface area contributed by atoms with Gasteiger partial charge in [0.2, 0.25) is 0 Å². The van der Waals surface area contributed by atoms with Crippen LogP contribution in [0.1, 0.15) is 52.4 Å². The van der Waals surface area contributed by atoms with Gasteiger partial charge >= 0.3 is 0 Å². The highest BCUT2D eigenvalue weighted by atomic mass is 79.9. The van der Waals surface area contributed by atoms with E-state index in [2.05, 4.69) is 21.2 Å². The molecule has 0 radical (unpaired) electrons. The molecule has 0 bridgehead atoms. The van der Waals surface area contributed by atoms with Crippen molar-refractivity contribution in [3.05, 3.63) is 28.7 Å². The van der Waals surface area contributed by atoms with Crippen LogP contribution >= 0.6 is 15.9 Å². The van der Waals surface area contributed by atoms with E-state index in [4.69, 9.17) is 4.74 Å². The highest BCUT2D eigenvalue weighted by molar-refractivity contribution is 9.10. The third-order valence-corrected chi connectivity index (χ3v) is 9.29. The third-order valence-electron chi connectivity index (χ3n) is 6.27. The number of hydrogen-bond acceptors (Lipinski definition) is 4. The zero-order valence-corrected chi connectivity index (χ0v) is 18.2. The fourth-order valence-corrected chi connectivity index (χ4v) is 5.83. The Kier molecular flexibility index (Phi) is 6.17. The molecule has 146 valence electrons. The Labute approximate surface area is 166 Å². The lowest BCUT2D eigenvalue weighted by molar-refractivity contribution is -0.00926. The van der Waals surface area contributed by atoms with Gasteiger partial charge in [-0.2, -0.15) is 0 Å². The number of ether oxygens (including phenoxy) is 1. The number of benzene rings is 1. The van der Waals surface area contributed by atoms with Gasteiger partial charge in [-0.1, -0.05) is 15.9 Å². The fraction of sp³-hybridized carbons (Fsp3) is 0.700. The quantitative estimate of drug-likeness (QED) is 0.735. The van der Waals surface area contributed by atoms with Gasteiger partial charge in [0.1, 0.15) is 0 Å². The Morgan fingerprint density at radius 2 is 1.69 bits per heavy atom. The molecule has 2 fully saturated rings. The van der Waals surface area contributed by atoms with E-state index in [1.165, 1.54) is 25.7 Å². The summed E-state index contributed by atoms with van der Waals surface area (Å²) in [5, 5.41) is 3.55. The van der Waals surface area contributed by atoms with E-state index in [1.54, 1.807) is 24.3 Å². The Hall–Kier alpha value is -0.430. The average Bonchev–Trinajstić information content (AvgIpc) is 2.62. The van der Waals surface area contributed by atoms with Gasteiger partial charge in [0.05, 0.1) is 9.64 Å². The smallest absolute Gasteiger partial charge is 0.184 e. The Balaban J connectivity index is 1.57. The maximum atomic E-state index is 13.0. The molecular formula is C20H30BrNO3S. The summed E-state index contributed by atoms with van der Waals surface area (Å²) in [7, 11) is -3.38. The van der Waals surface area contributed by atoms with Crippen molar-refractivity contribution in [2.75, 3.05) is 19.8 Å². The number of hydrogen-bond donors (Lipinski definition) is 1. The molecular weight excluding hydrogens is 414 g/mol. The van der Waals surface area contributed by atoms with Crippen LogP contribution in [0.3, 0.4) is 0 Å². The van der Waals surface area contributed by atoms with E-state index >= 15 is 0 Å². The highest BCUT2D eigenvalue weighted by Gasteiger charge is 2.39. The molecule has 1 aromatic rings. The van der Waals surface area contributed by atoms with E-state index < -0.39 is 14.6 Å². The molecule has 26 heavy (non-hydrogen) atoms. The maximum absolute atomic E-state index is 13.0. The van der Waals surface area contributed by atoms with E-state index in [1.807, 2.05) is 13.8 Å². The van der Waals surface area contributed by atoms with E-state index in [9.17, 15) is 8.42 Å². The van der Waals surface area contributed by atoms with Crippen LogP contribution in [0, 0.1) is 5.41 Å². The molecule has 1 aliphatic carbocycles. The van der Waals surface area contributed by atoms with Crippen molar-refractivity contribution in [1.29, 1.82) is 0 Å². The van der Waals surface area contributed by atoms with Gasteiger partial charge in [-0.05, 0) is 82.1 Å². The summed E-state index contributed by atoms with van der Waals surface area (Å²) < 4.78 is 31.6. The highest BCUT2D eigenvalue weighted by Crippen LogP contribution is 2.44. The summed E-state index contributed by atoms with van der Waals surface area (Å²) in [6.45, 7) is 5.92. The summed E-state index contributed by atoms with van der Waals surface area (Å²) >= 11 is 3.36. The number of rotatable bonds is 5. The molecule has 1 aliphatic heterocycles. The second kappa shape index (κ2) is 7.90. The van der Waals surface area contributed by atoms with Crippen molar-refractivity contribution in [2.45, 2.75) is 68.1 Å². The van der Waals surface area contributed by atoms with Gasteiger partial charge in [0, 0.05) is 30.3 Å². The van der Waals surface area contributed by atoms with Crippen LogP contribution in [-0.2, 0) is 14.6 Å². The van der Waals surface area contributed by atoms with Gasteiger partial charge < -0.3 is 10.1 Å². The molecule has 4 nitrogen and oxygen atoms in total. The lowest BCUT2D eigenvalue weighted by Crippen LogP contribution is -2.47. The van der Waals surface area contributed by atoms with Crippen molar-refractivity contribution in [1.82, 2.24) is 5.32 Å². The topological polar surface area (TPSA) is 55.4 Å². The molecule has 0 unspecified atom stereocenters. The Morgan fingerprint density at radius 3 is 2.27 bits per heavy atom. The van der Waals surface area contributed by atoms with Gasteiger partial charge in [0.25, 0.3) is 0 Å². The zero-order chi connectivity index (χ0) is 18.8. The predicted molar refractivity (Wildman–Crippen MR) is 108 cm³/mol. The molecule has 1 N–H and O–H groups in total. The van der Waals surface area contributed by atoms with Crippen LogP contribution in [0.15, 0.2) is 33.6 Å². The molecule has 0 amide bonds. The molecule has 1 aromatic carbocycles. The Morgan fingerprint density at radius 1 is 1.12 bits per heavy atom. The molecule has 3 rings (SSSR count). The normalized spacial score (nSPS) is 21.8. The van der Waals surface area contributed by atoms with Crippen molar-refractivity contribution >= 4 is 25.8 Å². The summed E-state index contributed by atoms with van der Waals surface area (Å²) in [6, 6.07) is 7.34. The summed E-state index contributed by atoms with van der Waals surface area (Å²) in [5.41, 5.74) is 0.482. The van der Waals surface area contributed by atoms with Gasteiger partial charge in [-0.25, -0.2) is 8.42 Å². The summed E-state index contributed by atoms with van der Waals surface area (Å²) in [6.07, 6.45) is 7.09. The molecule has 6 heteroatoms. The summed E-state index contributed by atoms with van der Waals surface area (Å²) in [4.78, 5) is 0.386. The maximum Gasteiger partial charge on any atom is 0.184 e. The van der Waals surface area contributed by atoms with E-state index in [0.717, 1.165) is 30.5 Å². The standard InChI is InChI=1S/C20H30BrNO3S/c1-19(2,26(23,24)18-5-3-16(21)4-6-18)15-22-17-7-9-20(10-8-17)11-13-25-14-12-20/h3-6,17,22H,7-15H2,1-2H3. The second-order valence-corrected chi connectivity index (χ2v) is 12.0. The van der Waals surface area contributed by atoms with Crippen molar-refractivity contribution in [2.24, 2.45) is 5.41 Å². The molecule has 0 aromatic heterocycles. The number of sulfone groups is 1. The molecule has 2 aliphatic rings. The van der Waals surface area contributed by atoms with Crippen LogP contribution < -0.4 is 5.32 Å². The van der Waals surface area contributed by atoms with E-state index in [0.29, 0.717) is 22.9 Å². The van der Waals surface area contributed by atoms with Gasteiger partial charge in [0.15, 0.2) is 9.84 Å². The molecule has 1 heterocycles. The first-order valence-electron chi connectivity index (χ1n) is 9.56. The van der Waals surface area contributed by atoms with Crippen molar-refractivity contribution < 1.29 is 13.2 Å². The first kappa shape index (κ1) is 20.3. The predicted octanol–water partition coefficient (Wildman–Crippen LogP) is 4.33. The zero-order valence-electron chi connectivity index (χ0n) is 15.8. The monoisotopic (exact) mass is 443 g/mol. The van der Waals surface area contributed by atoms with Crippen LogP contribution in [0.4, 0.5) is 0 Å². The average molecular weight is 444 g/mol. The van der Waals surface area contributed by atoms with Crippen LogP contribution in [0.25, 0.3) is 0 Å². The first-order valence-corrected chi connectivity index (χ1v) is 11.8. The largest absolute Gasteiger partial charge is 0.381 e. The summed E-state index contributed by atoms with van der Waals surface area (Å²) in [5.74, 6) is 0. The number of nitrogens with one attached hydrogen (secondary N) is 1. The molecule has 0 atom stereocenters. The van der Waals surface area contributed by atoms with Crippen molar-refractivity contribution in [3.8, 4) is 0 Å². The van der Waals surface area contributed by atoms with Crippen LogP contribution in [0.2, 0.25) is 0 Å². The SMILES string of the molecule is CC(C)(CNC1CCC2(CCOCC2)CC1)S(=O)(=O)c1ccc(Br)cc1. The number of halogens is 1. The minimum atomic E-state index is -3.38. The van der Waals surface area contributed by atoms with Crippen LogP contribution in [-0.4, -0.2) is 39.0 Å². The Bertz CT molecular complexity index is 699. The van der Waals surface area contributed by atoms with Crippen molar-refractivity contribution in [3.63, 3.8) is 0 Å². The fourth-order valence-electron chi connectivity index (χ4n) is 4.16. The third kappa shape index (κ3) is 4.34. The first-order chi connectivity index (χ1) is 12.2. The lowest BCUT2D eigenvalue weighted by atomic mass is 9.68. The molecule has 1 saturated heterocycles. The van der Waals surface area contributed by atoms with Gasteiger partial charge in [-0.15, -0.1) is 0 Å².